The van der Waals surface area contributed by atoms with Crippen molar-refractivity contribution in [1.82, 2.24) is 5.32 Å². The van der Waals surface area contributed by atoms with Crippen molar-refractivity contribution < 1.29 is 5.11 Å². The van der Waals surface area contributed by atoms with E-state index in [2.05, 4.69) is 36.5 Å². The summed E-state index contributed by atoms with van der Waals surface area (Å²) in [6.07, 6.45) is 6.12. The SMILES string of the molecule is CCC1CCCC1N[C@@H](CO)Cc1ccccc1. The molecular weight excluding hydrogens is 222 g/mol. The van der Waals surface area contributed by atoms with Crippen molar-refractivity contribution in [1.29, 1.82) is 0 Å². The summed E-state index contributed by atoms with van der Waals surface area (Å²) in [6, 6.07) is 11.2. The van der Waals surface area contributed by atoms with E-state index in [1.54, 1.807) is 0 Å². The van der Waals surface area contributed by atoms with E-state index < -0.39 is 0 Å². The Hall–Kier alpha value is -0.860. The summed E-state index contributed by atoms with van der Waals surface area (Å²) >= 11 is 0. The number of rotatable bonds is 6. The van der Waals surface area contributed by atoms with E-state index in [9.17, 15) is 5.11 Å². The van der Waals surface area contributed by atoms with E-state index in [-0.39, 0.29) is 12.6 Å². The van der Waals surface area contributed by atoms with Gasteiger partial charge in [-0.2, -0.15) is 0 Å². The first kappa shape index (κ1) is 13.6. The Kier molecular flexibility index (Phi) is 5.21. The maximum atomic E-state index is 9.54. The molecule has 0 bridgehead atoms. The van der Waals surface area contributed by atoms with E-state index in [0.29, 0.717) is 6.04 Å². The standard InChI is InChI=1S/C16H25NO/c1-2-14-9-6-10-16(14)17-15(12-18)11-13-7-4-3-5-8-13/h3-5,7-8,14-18H,2,6,9-12H2,1H3/t14?,15-,16?/m1/s1. The summed E-state index contributed by atoms with van der Waals surface area (Å²) in [5.41, 5.74) is 1.30. The molecule has 0 aliphatic heterocycles. The van der Waals surface area contributed by atoms with Crippen LogP contribution in [-0.2, 0) is 6.42 Å². The van der Waals surface area contributed by atoms with Gasteiger partial charge in [0.2, 0.25) is 0 Å². The Balaban J connectivity index is 1.89. The summed E-state index contributed by atoms with van der Waals surface area (Å²) in [5.74, 6) is 0.801. The monoisotopic (exact) mass is 247 g/mol. The van der Waals surface area contributed by atoms with Gasteiger partial charge in [0.25, 0.3) is 0 Å². The summed E-state index contributed by atoms with van der Waals surface area (Å²) < 4.78 is 0. The van der Waals surface area contributed by atoms with Crippen molar-refractivity contribution in [3.05, 3.63) is 35.9 Å². The van der Waals surface area contributed by atoms with E-state index in [1.165, 1.54) is 31.2 Å². The largest absolute Gasteiger partial charge is 0.395 e. The number of hydrogen-bond donors (Lipinski definition) is 2. The maximum Gasteiger partial charge on any atom is 0.0587 e. The second kappa shape index (κ2) is 6.91. The Bertz CT molecular complexity index is 338. The molecule has 0 aromatic heterocycles. The fourth-order valence-corrected chi connectivity index (χ4v) is 3.12. The van der Waals surface area contributed by atoms with E-state index in [0.717, 1.165) is 12.3 Å². The van der Waals surface area contributed by atoms with Crippen LogP contribution in [-0.4, -0.2) is 23.8 Å². The zero-order valence-electron chi connectivity index (χ0n) is 11.3. The number of hydrogen-bond acceptors (Lipinski definition) is 2. The van der Waals surface area contributed by atoms with Crippen LogP contribution in [0.15, 0.2) is 30.3 Å². The van der Waals surface area contributed by atoms with E-state index in [1.807, 2.05) is 6.07 Å². The van der Waals surface area contributed by atoms with Gasteiger partial charge in [-0.3, -0.25) is 0 Å². The van der Waals surface area contributed by atoms with Crippen LogP contribution in [0.4, 0.5) is 0 Å². The quantitative estimate of drug-likeness (QED) is 0.810. The number of benzene rings is 1. The third kappa shape index (κ3) is 3.56. The predicted octanol–water partition coefficient (Wildman–Crippen LogP) is 2.76. The second-order valence-corrected chi connectivity index (χ2v) is 5.44. The minimum atomic E-state index is 0.199. The molecule has 0 amide bonds. The van der Waals surface area contributed by atoms with Crippen LogP contribution >= 0.6 is 0 Å². The molecule has 0 heterocycles. The zero-order chi connectivity index (χ0) is 12.8. The molecule has 100 valence electrons. The smallest absolute Gasteiger partial charge is 0.0587 e. The Labute approximate surface area is 110 Å². The van der Waals surface area contributed by atoms with Crippen molar-refractivity contribution in [2.75, 3.05) is 6.61 Å². The highest BCUT2D eigenvalue weighted by Gasteiger charge is 2.27. The molecule has 2 heteroatoms. The molecule has 1 aliphatic carbocycles. The average molecular weight is 247 g/mol. The first-order valence-electron chi connectivity index (χ1n) is 7.24. The van der Waals surface area contributed by atoms with Crippen LogP contribution in [0.2, 0.25) is 0 Å². The predicted molar refractivity (Wildman–Crippen MR) is 75.6 cm³/mol. The third-order valence-corrected chi connectivity index (χ3v) is 4.18. The van der Waals surface area contributed by atoms with Crippen molar-refractivity contribution in [3.63, 3.8) is 0 Å². The molecule has 0 saturated heterocycles. The molecule has 2 N–H and O–H groups in total. The molecule has 0 radical (unpaired) electrons. The van der Waals surface area contributed by atoms with Gasteiger partial charge in [0, 0.05) is 12.1 Å². The highest BCUT2D eigenvalue weighted by atomic mass is 16.3. The van der Waals surface area contributed by atoms with Crippen LogP contribution < -0.4 is 5.32 Å². The number of aliphatic hydroxyl groups excluding tert-OH is 1. The van der Waals surface area contributed by atoms with Crippen LogP contribution in [0.25, 0.3) is 0 Å². The van der Waals surface area contributed by atoms with Crippen molar-refractivity contribution in [2.45, 2.75) is 51.1 Å². The molecule has 2 nitrogen and oxygen atoms in total. The van der Waals surface area contributed by atoms with Crippen LogP contribution in [0.3, 0.4) is 0 Å². The molecule has 1 aliphatic rings. The first-order valence-corrected chi connectivity index (χ1v) is 7.24. The van der Waals surface area contributed by atoms with Crippen molar-refractivity contribution in [2.24, 2.45) is 5.92 Å². The van der Waals surface area contributed by atoms with Crippen molar-refractivity contribution in [3.8, 4) is 0 Å². The molecular formula is C16H25NO. The molecule has 1 saturated carbocycles. The van der Waals surface area contributed by atoms with Gasteiger partial charge in [-0.1, -0.05) is 50.1 Å². The topological polar surface area (TPSA) is 32.3 Å². The molecule has 2 rings (SSSR count). The third-order valence-electron chi connectivity index (χ3n) is 4.18. The Morgan fingerprint density at radius 2 is 2.06 bits per heavy atom. The Morgan fingerprint density at radius 3 is 2.72 bits per heavy atom. The minimum absolute atomic E-state index is 0.199. The molecule has 1 fully saturated rings. The highest BCUT2D eigenvalue weighted by Crippen LogP contribution is 2.28. The molecule has 2 unspecified atom stereocenters. The summed E-state index contributed by atoms with van der Waals surface area (Å²) in [5, 5.41) is 13.2. The average Bonchev–Trinajstić information content (AvgIpc) is 2.86. The van der Waals surface area contributed by atoms with Gasteiger partial charge in [-0.15, -0.1) is 0 Å². The minimum Gasteiger partial charge on any atom is -0.395 e. The number of nitrogens with one attached hydrogen (secondary N) is 1. The van der Waals surface area contributed by atoms with E-state index >= 15 is 0 Å². The van der Waals surface area contributed by atoms with Crippen LogP contribution in [0.5, 0.6) is 0 Å². The van der Waals surface area contributed by atoms with Crippen LogP contribution in [0, 0.1) is 5.92 Å². The van der Waals surface area contributed by atoms with Gasteiger partial charge in [-0.25, -0.2) is 0 Å². The zero-order valence-corrected chi connectivity index (χ0v) is 11.3. The van der Waals surface area contributed by atoms with Crippen LogP contribution in [0.1, 0.15) is 38.2 Å². The van der Waals surface area contributed by atoms with Gasteiger partial charge < -0.3 is 10.4 Å². The van der Waals surface area contributed by atoms with Gasteiger partial charge in [0.1, 0.15) is 0 Å². The molecule has 1 aromatic rings. The van der Waals surface area contributed by atoms with Gasteiger partial charge in [0.05, 0.1) is 6.61 Å². The lowest BCUT2D eigenvalue weighted by atomic mass is 9.98. The first-order chi connectivity index (χ1) is 8.83. The summed E-state index contributed by atoms with van der Waals surface area (Å²) in [6.45, 7) is 2.50. The lowest BCUT2D eigenvalue weighted by Crippen LogP contribution is -2.43. The fourth-order valence-electron chi connectivity index (χ4n) is 3.12. The fraction of sp³-hybridized carbons (Fsp3) is 0.625. The molecule has 3 atom stereocenters. The molecule has 1 aromatic carbocycles. The highest BCUT2D eigenvalue weighted by molar-refractivity contribution is 5.16. The van der Waals surface area contributed by atoms with Crippen molar-refractivity contribution >= 4 is 0 Å². The summed E-state index contributed by atoms with van der Waals surface area (Å²) in [7, 11) is 0. The molecule has 18 heavy (non-hydrogen) atoms. The number of aliphatic hydroxyl groups is 1. The lowest BCUT2D eigenvalue weighted by molar-refractivity contribution is 0.219. The van der Waals surface area contributed by atoms with E-state index in [4.69, 9.17) is 0 Å². The maximum absolute atomic E-state index is 9.54. The Morgan fingerprint density at radius 1 is 1.28 bits per heavy atom. The normalized spacial score (nSPS) is 25.2. The molecule has 0 spiro atoms. The van der Waals surface area contributed by atoms with Gasteiger partial charge >= 0.3 is 0 Å². The summed E-state index contributed by atoms with van der Waals surface area (Å²) in [4.78, 5) is 0. The van der Waals surface area contributed by atoms with Gasteiger partial charge in [-0.05, 0) is 30.7 Å². The lowest BCUT2D eigenvalue weighted by Gasteiger charge is -2.25. The second-order valence-electron chi connectivity index (χ2n) is 5.44. The van der Waals surface area contributed by atoms with Gasteiger partial charge in [0.15, 0.2) is 0 Å².